The van der Waals surface area contributed by atoms with E-state index in [0.717, 1.165) is 17.6 Å². The molecule has 15 heavy (non-hydrogen) atoms. The maximum atomic E-state index is 12.2. The molecule has 1 aromatic carbocycles. The third-order valence-corrected chi connectivity index (χ3v) is 3.49. The molecule has 1 aliphatic carbocycles. The van der Waals surface area contributed by atoms with Crippen LogP contribution in [0.25, 0.3) is 0 Å². The Labute approximate surface area is 90.8 Å². The van der Waals surface area contributed by atoms with Crippen LogP contribution < -0.4 is 0 Å². The van der Waals surface area contributed by atoms with Gasteiger partial charge in [0.15, 0.2) is 5.78 Å². The lowest BCUT2D eigenvalue weighted by atomic mass is 9.80. The van der Waals surface area contributed by atoms with Gasteiger partial charge in [-0.3, -0.25) is 4.79 Å². The van der Waals surface area contributed by atoms with E-state index in [4.69, 9.17) is 0 Å². The van der Waals surface area contributed by atoms with Crippen LogP contribution in [-0.4, -0.2) is 5.78 Å². The minimum absolute atomic E-state index is 0.227. The number of carbonyl (C=O) groups excluding carboxylic acids is 1. The van der Waals surface area contributed by atoms with Gasteiger partial charge in [0.25, 0.3) is 0 Å². The van der Waals surface area contributed by atoms with Gasteiger partial charge in [0, 0.05) is 5.56 Å². The lowest BCUT2D eigenvalue weighted by molar-refractivity contribution is 0.0881. The van der Waals surface area contributed by atoms with Gasteiger partial charge in [-0.1, -0.05) is 35.9 Å². The van der Waals surface area contributed by atoms with Crippen molar-refractivity contribution >= 4 is 5.78 Å². The van der Waals surface area contributed by atoms with E-state index in [0.29, 0.717) is 0 Å². The van der Waals surface area contributed by atoms with E-state index in [1.165, 1.54) is 11.1 Å². The van der Waals surface area contributed by atoms with Crippen LogP contribution in [0.3, 0.4) is 0 Å². The molecule has 0 saturated carbocycles. The molecule has 0 fully saturated rings. The van der Waals surface area contributed by atoms with Gasteiger partial charge in [-0.15, -0.1) is 0 Å². The normalized spacial score (nSPS) is 24.1. The van der Waals surface area contributed by atoms with Crippen molar-refractivity contribution in [1.29, 1.82) is 0 Å². The van der Waals surface area contributed by atoms with Gasteiger partial charge in [-0.05, 0) is 32.8 Å². The standard InChI is InChI=1S/C14H16O/c1-9(2)14(4)8-11-7-10(3)5-6-12(11)13(14)15/h5-7H,1,8H2,2-4H3/t14-/m0/s1. The lowest BCUT2D eigenvalue weighted by Crippen LogP contribution is -2.24. The third-order valence-electron chi connectivity index (χ3n) is 3.49. The van der Waals surface area contributed by atoms with Gasteiger partial charge in [0.1, 0.15) is 0 Å². The number of carbonyl (C=O) groups is 1. The van der Waals surface area contributed by atoms with Crippen LogP contribution in [-0.2, 0) is 6.42 Å². The molecule has 0 aromatic heterocycles. The molecule has 0 unspecified atom stereocenters. The Hall–Kier alpha value is -1.37. The number of aryl methyl sites for hydroxylation is 1. The maximum absolute atomic E-state index is 12.2. The SMILES string of the molecule is C=C(C)[C@]1(C)Cc2cc(C)ccc2C1=O. The summed E-state index contributed by atoms with van der Waals surface area (Å²) in [5.74, 6) is 0.227. The highest BCUT2D eigenvalue weighted by Crippen LogP contribution is 2.41. The molecule has 78 valence electrons. The molecule has 1 atom stereocenters. The zero-order chi connectivity index (χ0) is 11.2. The summed E-state index contributed by atoms with van der Waals surface area (Å²) in [6, 6.07) is 6.06. The Bertz CT molecular complexity index is 456. The largest absolute Gasteiger partial charge is 0.293 e. The van der Waals surface area contributed by atoms with Crippen molar-refractivity contribution in [3.05, 3.63) is 47.0 Å². The monoisotopic (exact) mass is 200 g/mol. The Morgan fingerprint density at radius 1 is 1.47 bits per heavy atom. The first-order valence-electron chi connectivity index (χ1n) is 5.25. The highest BCUT2D eigenvalue weighted by Gasteiger charge is 2.41. The molecule has 0 spiro atoms. The molecule has 0 radical (unpaired) electrons. The van der Waals surface area contributed by atoms with Crippen molar-refractivity contribution in [2.75, 3.05) is 0 Å². The quantitative estimate of drug-likeness (QED) is 0.635. The minimum atomic E-state index is -0.379. The Kier molecular flexibility index (Phi) is 2.07. The molecule has 0 heterocycles. The van der Waals surface area contributed by atoms with E-state index in [2.05, 4.69) is 19.6 Å². The summed E-state index contributed by atoms with van der Waals surface area (Å²) in [6.07, 6.45) is 0.804. The van der Waals surface area contributed by atoms with Gasteiger partial charge in [-0.2, -0.15) is 0 Å². The summed E-state index contributed by atoms with van der Waals surface area (Å²) >= 11 is 0. The van der Waals surface area contributed by atoms with Crippen LogP contribution in [0.5, 0.6) is 0 Å². The van der Waals surface area contributed by atoms with Gasteiger partial charge in [-0.25, -0.2) is 0 Å². The molecule has 0 aliphatic heterocycles. The van der Waals surface area contributed by atoms with Crippen molar-refractivity contribution in [2.45, 2.75) is 27.2 Å². The highest BCUT2D eigenvalue weighted by atomic mass is 16.1. The Balaban J connectivity index is 2.55. The summed E-state index contributed by atoms with van der Waals surface area (Å²) in [7, 11) is 0. The summed E-state index contributed by atoms with van der Waals surface area (Å²) in [4.78, 5) is 12.2. The van der Waals surface area contributed by atoms with Crippen LogP contribution in [0.4, 0.5) is 0 Å². The molecule has 2 rings (SSSR count). The predicted molar refractivity (Wildman–Crippen MR) is 62.1 cm³/mol. The molecule has 1 heteroatoms. The van der Waals surface area contributed by atoms with Crippen LogP contribution in [0.15, 0.2) is 30.4 Å². The lowest BCUT2D eigenvalue weighted by Gasteiger charge is -2.21. The number of hydrogen-bond acceptors (Lipinski definition) is 1. The van der Waals surface area contributed by atoms with Crippen LogP contribution in [0.1, 0.15) is 35.3 Å². The fourth-order valence-electron chi connectivity index (χ4n) is 2.19. The van der Waals surface area contributed by atoms with E-state index in [9.17, 15) is 4.79 Å². The molecule has 0 bridgehead atoms. The Morgan fingerprint density at radius 2 is 2.13 bits per heavy atom. The number of ketones is 1. The highest BCUT2D eigenvalue weighted by molar-refractivity contribution is 6.06. The summed E-state index contributed by atoms with van der Waals surface area (Å²) in [5.41, 5.74) is 3.85. The minimum Gasteiger partial charge on any atom is -0.293 e. The first-order chi connectivity index (χ1) is 6.95. The second kappa shape index (κ2) is 3.06. The number of fused-ring (bicyclic) bond motifs is 1. The topological polar surface area (TPSA) is 17.1 Å². The van der Waals surface area contributed by atoms with E-state index in [1.807, 2.05) is 26.0 Å². The number of rotatable bonds is 1. The molecule has 1 aromatic rings. The number of benzene rings is 1. The molecular weight excluding hydrogens is 184 g/mol. The zero-order valence-corrected chi connectivity index (χ0v) is 9.55. The fourth-order valence-corrected chi connectivity index (χ4v) is 2.19. The van der Waals surface area contributed by atoms with Crippen molar-refractivity contribution in [3.8, 4) is 0 Å². The molecule has 0 amide bonds. The number of allylic oxidation sites excluding steroid dienone is 1. The van der Waals surface area contributed by atoms with E-state index in [-0.39, 0.29) is 11.2 Å². The average molecular weight is 200 g/mol. The summed E-state index contributed by atoms with van der Waals surface area (Å²) in [6.45, 7) is 9.93. The molecule has 0 N–H and O–H groups in total. The summed E-state index contributed by atoms with van der Waals surface area (Å²) < 4.78 is 0. The van der Waals surface area contributed by atoms with Crippen molar-refractivity contribution in [1.82, 2.24) is 0 Å². The van der Waals surface area contributed by atoms with Crippen LogP contribution in [0, 0.1) is 12.3 Å². The number of hydrogen-bond donors (Lipinski definition) is 0. The molecule has 1 nitrogen and oxygen atoms in total. The average Bonchev–Trinajstić information content (AvgIpc) is 2.40. The smallest absolute Gasteiger partial charge is 0.173 e. The predicted octanol–water partition coefficient (Wildman–Crippen LogP) is 3.32. The first-order valence-corrected chi connectivity index (χ1v) is 5.25. The molecule has 0 saturated heterocycles. The Morgan fingerprint density at radius 3 is 2.73 bits per heavy atom. The van der Waals surface area contributed by atoms with E-state index < -0.39 is 0 Å². The fraction of sp³-hybridized carbons (Fsp3) is 0.357. The second-order valence-electron chi connectivity index (χ2n) is 4.78. The van der Waals surface area contributed by atoms with Gasteiger partial charge >= 0.3 is 0 Å². The summed E-state index contributed by atoms with van der Waals surface area (Å²) in [5, 5.41) is 0. The van der Waals surface area contributed by atoms with Gasteiger partial charge in [0.05, 0.1) is 5.41 Å². The van der Waals surface area contributed by atoms with Crippen molar-refractivity contribution < 1.29 is 4.79 Å². The molecule has 1 aliphatic rings. The second-order valence-corrected chi connectivity index (χ2v) is 4.78. The first kappa shape index (κ1) is 10.2. The van der Waals surface area contributed by atoms with Crippen molar-refractivity contribution in [2.24, 2.45) is 5.41 Å². The van der Waals surface area contributed by atoms with Crippen LogP contribution >= 0.6 is 0 Å². The number of Topliss-reactive ketones (excluding diaryl/α,β-unsaturated/α-hetero) is 1. The maximum Gasteiger partial charge on any atom is 0.173 e. The van der Waals surface area contributed by atoms with Crippen LogP contribution in [0.2, 0.25) is 0 Å². The van der Waals surface area contributed by atoms with Gasteiger partial charge in [0.2, 0.25) is 0 Å². The molecular formula is C14H16O. The third kappa shape index (κ3) is 1.34. The van der Waals surface area contributed by atoms with Gasteiger partial charge < -0.3 is 0 Å². The van der Waals surface area contributed by atoms with Crippen molar-refractivity contribution in [3.63, 3.8) is 0 Å². The zero-order valence-electron chi connectivity index (χ0n) is 9.55. The van der Waals surface area contributed by atoms with E-state index in [1.54, 1.807) is 0 Å². The van der Waals surface area contributed by atoms with E-state index >= 15 is 0 Å².